The van der Waals surface area contributed by atoms with Gasteiger partial charge in [0.25, 0.3) is 0 Å². The van der Waals surface area contributed by atoms with E-state index in [2.05, 4.69) is 5.32 Å². The fraction of sp³-hybridized carbons (Fsp3) is 0.500. The molecule has 0 saturated carbocycles. The van der Waals surface area contributed by atoms with Crippen LogP contribution in [0.25, 0.3) is 0 Å². The third-order valence-electron chi connectivity index (χ3n) is 3.48. The maximum atomic E-state index is 12.0. The van der Waals surface area contributed by atoms with Crippen LogP contribution in [0, 0.1) is 0 Å². The van der Waals surface area contributed by atoms with E-state index in [0.717, 1.165) is 5.56 Å². The van der Waals surface area contributed by atoms with Crippen LogP contribution < -0.4 is 5.32 Å². The maximum absolute atomic E-state index is 12.0. The summed E-state index contributed by atoms with van der Waals surface area (Å²) in [6, 6.07) is 5.09. The Morgan fingerprint density at radius 2 is 2.14 bits per heavy atom. The smallest absolute Gasteiger partial charge is 0.234 e. The van der Waals surface area contributed by atoms with Crippen molar-refractivity contribution in [3.05, 3.63) is 33.8 Å². The topological polar surface area (TPSA) is 66.5 Å². The number of hydrogen-bond acceptors (Lipinski definition) is 4. The van der Waals surface area contributed by atoms with E-state index in [4.69, 9.17) is 23.2 Å². The number of nitrogens with one attached hydrogen (secondary N) is 1. The highest BCUT2D eigenvalue weighted by atomic mass is 35.5. The summed E-state index contributed by atoms with van der Waals surface area (Å²) in [5, 5.41) is 3.72. The molecule has 1 aromatic rings. The molecule has 2 rings (SSSR count). The third kappa shape index (κ3) is 4.84. The molecular weight excluding hydrogens is 347 g/mol. The minimum Gasteiger partial charge on any atom is -0.351 e. The lowest BCUT2D eigenvalue weighted by molar-refractivity contribution is -0.122. The normalized spacial score (nSPS) is 20.3. The molecule has 5 nitrogen and oxygen atoms in total. The number of likely N-dealkylation sites (N-methyl/N-ethyl adjacent to an activating group) is 1. The van der Waals surface area contributed by atoms with Gasteiger partial charge in [-0.25, -0.2) is 8.42 Å². The van der Waals surface area contributed by atoms with Crippen LogP contribution in [0.5, 0.6) is 0 Å². The zero-order valence-corrected chi connectivity index (χ0v) is 14.5. The molecular formula is C14H18Cl2N2O3S. The zero-order valence-electron chi connectivity index (χ0n) is 12.2. The van der Waals surface area contributed by atoms with Crippen LogP contribution in [-0.4, -0.2) is 50.4 Å². The Balaban J connectivity index is 1.85. The number of benzene rings is 1. The fourth-order valence-electron chi connectivity index (χ4n) is 2.44. The first kappa shape index (κ1) is 17.5. The molecule has 1 aliphatic rings. The molecule has 122 valence electrons. The van der Waals surface area contributed by atoms with Gasteiger partial charge in [-0.15, -0.1) is 0 Å². The molecule has 0 aromatic heterocycles. The van der Waals surface area contributed by atoms with Crippen molar-refractivity contribution in [2.75, 3.05) is 25.1 Å². The van der Waals surface area contributed by atoms with E-state index >= 15 is 0 Å². The first-order valence-electron chi connectivity index (χ1n) is 6.88. The average molecular weight is 365 g/mol. The van der Waals surface area contributed by atoms with Gasteiger partial charge in [-0.1, -0.05) is 35.3 Å². The van der Waals surface area contributed by atoms with Crippen molar-refractivity contribution in [3.63, 3.8) is 0 Å². The molecule has 8 heteroatoms. The van der Waals surface area contributed by atoms with E-state index in [1.54, 1.807) is 24.1 Å². The highest BCUT2D eigenvalue weighted by Gasteiger charge is 2.28. The fourth-order valence-corrected chi connectivity index (χ4v) is 4.50. The van der Waals surface area contributed by atoms with E-state index in [1.807, 2.05) is 6.07 Å². The lowest BCUT2D eigenvalue weighted by Crippen LogP contribution is -2.41. The van der Waals surface area contributed by atoms with Gasteiger partial charge in [0.15, 0.2) is 9.84 Å². The number of carbonyl (C=O) groups is 1. The number of carbonyl (C=O) groups excluding carboxylic acids is 1. The Morgan fingerprint density at radius 1 is 1.41 bits per heavy atom. The molecule has 1 amide bonds. The molecule has 0 unspecified atom stereocenters. The molecule has 22 heavy (non-hydrogen) atoms. The predicted octanol–water partition coefficient (Wildman–Crippen LogP) is 1.73. The number of halogens is 2. The summed E-state index contributed by atoms with van der Waals surface area (Å²) in [7, 11) is -1.20. The summed E-state index contributed by atoms with van der Waals surface area (Å²) in [4.78, 5) is 13.8. The van der Waals surface area contributed by atoms with Crippen molar-refractivity contribution in [2.45, 2.75) is 19.0 Å². The van der Waals surface area contributed by atoms with Gasteiger partial charge in [-0.2, -0.15) is 0 Å². The summed E-state index contributed by atoms with van der Waals surface area (Å²) < 4.78 is 22.7. The predicted molar refractivity (Wildman–Crippen MR) is 88.0 cm³/mol. The molecule has 0 aliphatic carbocycles. The molecule has 1 heterocycles. The Hall–Kier alpha value is -0.820. The van der Waals surface area contributed by atoms with Crippen molar-refractivity contribution in [1.29, 1.82) is 0 Å². The van der Waals surface area contributed by atoms with Gasteiger partial charge >= 0.3 is 0 Å². The summed E-state index contributed by atoms with van der Waals surface area (Å²) in [5.74, 6) is -0.0168. The standard InChI is InChI=1S/C14H18Cl2N2O3S/c1-18(7-10-3-2-4-12(15)14(10)16)8-13(19)17-11-5-6-22(20,21)9-11/h2-4,11H,5-9H2,1H3,(H,17,19)/t11-/m0/s1. The van der Waals surface area contributed by atoms with Gasteiger partial charge in [0, 0.05) is 12.6 Å². The van der Waals surface area contributed by atoms with E-state index in [1.165, 1.54) is 0 Å². The first-order chi connectivity index (χ1) is 10.3. The van der Waals surface area contributed by atoms with Crippen LogP contribution in [0.4, 0.5) is 0 Å². The van der Waals surface area contributed by atoms with Gasteiger partial charge in [0.1, 0.15) is 0 Å². The highest BCUT2D eigenvalue weighted by Crippen LogP contribution is 2.26. The summed E-state index contributed by atoms with van der Waals surface area (Å²) >= 11 is 12.1. The Labute approximate surface area is 140 Å². The Kier molecular flexibility index (Phi) is 5.71. The largest absolute Gasteiger partial charge is 0.351 e. The maximum Gasteiger partial charge on any atom is 0.234 e. The minimum absolute atomic E-state index is 0.0303. The second kappa shape index (κ2) is 7.17. The van der Waals surface area contributed by atoms with Gasteiger partial charge < -0.3 is 5.32 Å². The van der Waals surface area contributed by atoms with Crippen molar-refractivity contribution < 1.29 is 13.2 Å². The van der Waals surface area contributed by atoms with Gasteiger partial charge in [0.2, 0.25) is 5.91 Å². The number of amides is 1. The van der Waals surface area contributed by atoms with Crippen LogP contribution >= 0.6 is 23.2 Å². The molecule has 0 bridgehead atoms. The molecule has 1 aromatic carbocycles. The van der Waals surface area contributed by atoms with E-state index in [0.29, 0.717) is 23.0 Å². The molecule has 1 saturated heterocycles. The summed E-state index contributed by atoms with van der Waals surface area (Å²) in [6.45, 7) is 0.648. The second-order valence-electron chi connectivity index (χ2n) is 5.55. The van der Waals surface area contributed by atoms with Gasteiger partial charge in [0.05, 0.1) is 28.1 Å². The van der Waals surface area contributed by atoms with Crippen molar-refractivity contribution >= 4 is 38.9 Å². The lowest BCUT2D eigenvalue weighted by Gasteiger charge is -2.19. The lowest BCUT2D eigenvalue weighted by atomic mass is 10.2. The van der Waals surface area contributed by atoms with Gasteiger partial charge in [-0.05, 0) is 25.1 Å². The Morgan fingerprint density at radius 3 is 2.77 bits per heavy atom. The minimum atomic E-state index is -2.99. The number of rotatable bonds is 5. The van der Waals surface area contributed by atoms with Crippen LogP contribution in [0.2, 0.25) is 10.0 Å². The molecule has 0 spiro atoms. The number of sulfone groups is 1. The SMILES string of the molecule is CN(CC(=O)N[C@H]1CCS(=O)(=O)C1)Cc1cccc(Cl)c1Cl. The van der Waals surface area contributed by atoms with Crippen LogP contribution in [-0.2, 0) is 21.2 Å². The summed E-state index contributed by atoms with van der Waals surface area (Å²) in [5.41, 5.74) is 0.841. The quantitative estimate of drug-likeness (QED) is 0.863. The Bertz CT molecular complexity index is 664. The number of nitrogens with zero attached hydrogens (tertiary/aromatic N) is 1. The van der Waals surface area contributed by atoms with E-state index in [9.17, 15) is 13.2 Å². The monoisotopic (exact) mass is 364 g/mol. The highest BCUT2D eigenvalue weighted by molar-refractivity contribution is 7.91. The van der Waals surface area contributed by atoms with Crippen LogP contribution in [0.15, 0.2) is 18.2 Å². The average Bonchev–Trinajstić information content (AvgIpc) is 2.74. The van der Waals surface area contributed by atoms with Crippen LogP contribution in [0.1, 0.15) is 12.0 Å². The molecule has 1 fully saturated rings. The number of hydrogen-bond donors (Lipinski definition) is 1. The molecule has 1 N–H and O–H groups in total. The van der Waals surface area contributed by atoms with Crippen molar-refractivity contribution in [1.82, 2.24) is 10.2 Å². The van der Waals surface area contributed by atoms with E-state index < -0.39 is 9.84 Å². The molecule has 1 aliphatic heterocycles. The zero-order chi connectivity index (χ0) is 16.3. The van der Waals surface area contributed by atoms with Crippen molar-refractivity contribution in [2.24, 2.45) is 0 Å². The van der Waals surface area contributed by atoms with Crippen molar-refractivity contribution in [3.8, 4) is 0 Å². The van der Waals surface area contributed by atoms with Gasteiger partial charge in [-0.3, -0.25) is 9.69 Å². The molecule has 0 radical (unpaired) electrons. The van der Waals surface area contributed by atoms with E-state index in [-0.39, 0.29) is 30.0 Å². The summed E-state index contributed by atoms with van der Waals surface area (Å²) in [6.07, 6.45) is 0.484. The second-order valence-corrected chi connectivity index (χ2v) is 8.57. The van der Waals surface area contributed by atoms with Crippen LogP contribution in [0.3, 0.4) is 0 Å². The molecule has 1 atom stereocenters. The first-order valence-corrected chi connectivity index (χ1v) is 9.46. The third-order valence-corrected chi connectivity index (χ3v) is 6.11.